The summed E-state index contributed by atoms with van der Waals surface area (Å²) in [5.41, 5.74) is 0.0850. The van der Waals surface area contributed by atoms with Gasteiger partial charge in [-0.3, -0.25) is 0 Å². The number of urea groups is 1. The number of hydrogen-bond donors (Lipinski definition) is 3. The Balaban J connectivity index is 1.86. The molecule has 1 heterocycles. The van der Waals surface area contributed by atoms with Crippen LogP contribution in [-0.2, 0) is 5.60 Å². The predicted molar refractivity (Wildman–Crippen MR) is 97.7 cm³/mol. The van der Waals surface area contributed by atoms with E-state index < -0.39 is 5.60 Å². The van der Waals surface area contributed by atoms with Crippen molar-refractivity contribution in [3.8, 4) is 5.75 Å². The van der Waals surface area contributed by atoms with Crippen LogP contribution in [0.2, 0.25) is 0 Å². The molecule has 5 nitrogen and oxygen atoms in total. The molecule has 0 fully saturated rings. The van der Waals surface area contributed by atoms with Crippen LogP contribution >= 0.6 is 11.3 Å². The monoisotopic (exact) mass is 348 g/mol. The molecule has 0 spiro atoms. The van der Waals surface area contributed by atoms with Crippen molar-refractivity contribution in [3.05, 3.63) is 46.7 Å². The van der Waals surface area contributed by atoms with Gasteiger partial charge in [0.15, 0.2) is 0 Å². The standard InChI is InChI=1S/C18H24N2O3S/c1-17(2,3)23-15-7-5-14(6-8-15)20-16(21)19-12-18(4,22)13-9-10-24-11-13/h5-11,22H,12H2,1-4H3,(H2,19,20,21). The van der Waals surface area contributed by atoms with Crippen LogP contribution in [-0.4, -0.2) is 23.3 Å². The van der Waals surface area contributed by atoms with Crippen molar-refractivity contribution in [2.24, 2.45) is 0 Å². The highest BCUT2D eigenvalue weighted by molar-refractivity contribution is 7.08. The molecule has 2 rings (SSSR count). The SMILES string of the molecule is CC(C)(C)Oc1ccc(NC(=O)NCC(C)(O)c2ccsc2)cc1. The molecular formula is C18H24N2O3S. The van der Waals surface area contributed by atoms with Crippen molar-refractivity contribution < 1.29 is 14.6 Å². The van der Waals surface area contributed by atoms with Gasteiger partial charge in [0.1, 0.15) is 17.0 Å². The molecule has 24 heavy (non-hydrogen) atoms. The molecule has 6 heteroatoms. The molecule has 2 aromatic rings. The maximum Gasteiger partial charge on any atom is 0.319 e. The average Bonchev–Trinajstić information content (AvgIpc) is 3.01. The highest BCUT2D eigenvalue weighted by Gasteiger charge is 2.24. The van der Waals surface area contributed by atoms with Gasteiger partial charge in [0.2, 0.25) is 0 Å². The molecule has 130 valence electrons. The third kappa shape index (κ3) is 5.54. The van der Waals surface area contributed by atoms with Crippen LogP contribution < -0.4 is 15.4 Å². The quantitative estimate of drug-likeness (QED) is 0.766. The van der Waals surface area contributed by atoms with E-state index in [-0.39, 0.29) is 18.2 Å². The van der Waals surface area contributed by atoms with Crippen molar-refractivity contribution in [1.29, 1.82) is 0 Å². The van der Waals surface area contributed by atoms with Gasteiger partial charge in [0.05, 0.1) is 6.54 Å². The summed E-state index contributed by atoms with van der Waals surface area (Å²) >= 11 is 1.51. The van der Waals surface area contributed by atoms with Gasteiger partial charge < -0.3 is 20.5 Å². The van der Waals surface area contributed by atoms with Crippen LogP contribution in [0, 0.1) is 0 Å². The minimum atomic E-state index is -1.10. The third-order valence-electron chi connectivity index (χ3n) is 3.27. The van der Waals surface area contributed by atoms with Gasteiger partial charge in [-0.1, -0.05) is 0 Å². The first kappa shape index (κ1) is 18.3. The van der Waals surface area contributed by atoms with Gasteiger partial charge in [-0.05, 0) is 74.4 Å². The number of ether oxygens (including phenoxy) is 1. The molecule has 1 aromatic carbocycles. The number of anilines is 1. The van der Waals surface area contributed by atoms with Crippen molar-refractivity contribution >= 4 is 23.1 Å². The van der Waals surface area contributed by atoms with E-state index in [2.05, 4.69) is 10.6 Å². The van der Waals surface area contributed by atoms with Crippen molar-refractivity contribution in [2.75, 3.05) is 11.9 Å². The Kier molecular flexibility index (Phi) is 5.51. The lowest BCUT2D eigenvalue weighted by Crippen LogP contribution is -2.40. The molecular weight excluding hydrogens is 324 g/mol. The minimum absolute atomic E-state index is 0.126. The molecule has 1 atom stereocenters. The van der Waals surface area contributed by atoms with Gasteiger partial charge in [-0.25, -0.2) is 4.79 Å². The zero-order valence-electron chi connectivity index (χ0n) is 14.4. The van der Waals surface area contributed by atoms with Gasteiger partial charge in [-0.15, -0.1) is 0 Å². The van der Waals surface area contributed by atoms with E-state index in [1.165, 1.54) is 11.3 Å². The van der Waals surface area contributed by atoms with Crippen molar-refractivity contribution in [3.63, 3.8) is 0 Å². The highest BCUT2D eigenvalue weighted by atomic mass is 32.1. The number of carbonyl (C=O) groups is 1. The fourth-order valence-electron chi connectivity index (χ4n) is 2.06. The van der Waals surface area contributed by atoms with Crippen LogP contribution in [0.1, 0.15) is 33.3 Å². The summed E-state index contributed by atoms with van der Waals surface area (Å²) in [5, 5.41) is 19.6. The maximum atomic E-state index is 12.0. The Hall–Kier alpha value is -2.05. The minimum Gasteiger partial charge on any atom is -0.488 e. The van der Waals surface area contributed by atoms with E-state index in [1.807, 2.05) is 49.7 Å². The van der Waals surface area contributed by atoms with Gasteiger partial charge in [0.25, 0.3) is 0 Å². The lowest BCUT2D eigenvalue weighted by molar-refractivity contribution is 0.0604. The molecule has 0 aliphatic carbocycles. The average molecular weight is 348 g/mol. The predicted octanol–water partition coefficient (Wildman–Crippen LogP) is 3.95. The zero-order valence-corrected chi connectivity index (χ0v) is 15.2. The van der Waals surface area contributed by atoms with Gasteiger partial charge in [-0.2, -0.15) is 11.3 Å². The van der Waals surface area contributed by atoms with Crippen molar-refractivity contribution in [2.45, 2.75) is 38.9 Å². The van der Waals surface area contributed by atoms with Crippen LogP contribution in [0.5, 0.6) is 5.75 Å². The second-order valence-corrected chi connectivity index (χ2v) is 7.61. The smallest absolute Gasteiger partial charge is 0.319 e. The summed E-state index contributed by atoms with van der Waals surface area (Å²) in [6.45, 7) is 7.73. The number of carbonyl (C=O) groups excluding carboxylic acids is 1. The first-order valence-electron chi connectivity index (χ1n) is 7.75. The number of benzene rings is 1. The largest absolute Gasteiger partial charge is 0.488 e. The number of hydrogen-bond acceptors (Lipinski definition) is 4. The molecule has 1 aromatic heterocycles. The van der Waals surface area contributed by atoms with E-state index in [0.717, 1.165) is 11.3 Å². The number of aliphatic hydroxyl groups is 1. The Bertz CT molecular complexity index is 659. The van der Waals surface area contributed by atoms with E-state index in [4.69, 9.17) is 4.74 Å². The van der Waals surface area contributed by atoms with E-state index >= 15 is 0 Å². The Labute approximate surface area is 146 Å². The van der Waals surface area contributed by atoms with Crippen LogP contribution in [0.4, 0.5) is 10.5 Å². The summed E-state index contributed by atoms with van der Waals surface area (Å²) in [5.74, 6) is 0.744. The zero-order chi connectivity index (χ0) is 17.8. The topological polar surface area (TPSA) is 70.6 Å². The molecule has 0 radical (unpaired) electrons. The van der Waals surface area contributed by atoms with Crippen LogP contribution in [0.15, 0.2) is 41.1 Å². The summed E-state index contributed by atoms with van der Waals surface area (Å²) < 4.78 is 5.73. The summed E-state index contributed by atoms with van der Waals surface area (Å²) in [7, 11) is 0. The molecule has 1 unspecified atom stereocenters. The van der Waals surface area contributed by atoms with E-state index in [9.17, 15) is 9.90 Å². The lowest BCUT2D eigenvalue weighted by Gasteiger charge is -2.23. The number of thiophene rings is 1. The molecule has 0 aliphatic rings. The fraction of sp³-hybridized carbons (Fsp3) is 0.389. The molecule has 3 N–H and O–H groups in total. The number of nitrogens with one attached hydrogen (secondary N) is 2. The second kappa shape index (κ2) is 7.23. The summed E-state index contributed by atoms with van der Waals surface area (Å²) in [6.07, 6.45) is 0. The summed E-state index contributed by atoms with van der Waals surface area (Å²) in [4.78, 5) is 12.0. The molecule has 2 amide bonds. The highest BCUT2D eigenvalue weighted by Crippen LogP contribution is 2.22. The Morgan fingerprint density at radius 2 is 1.83 bits per heavy atom. The molecule has 0 saturated carbocycles. The van der Waals surface area contributed by atoms with Gasteiger partial charge >= 0.3 is 6.03 Å². The number of amides is 2. The Morgan fingerprint density at radius 3 is 2.38 bits per heavy atom. The second-order valence-electron chi connectivity index (χ2n) is 6.83. The van der Waals surface area contributed by atoms with Crippen molar-refractivity contribution in [1.82, 2.24) is 5.32 Å². The maximum absolute atomic E-state index is 12.0. The fourth-order valence-corrected chi connectivity index (χ4v) is 2.84. The van der Waals surface area contributed by atoms with E-state index in [0.29, 0.717) is 5.69 Å². The number of rotatable bonds is 5. The van der Waals surface area contributed by atoms with E-state index in [1.54, 1.807) is 19.1 Å². The molecule has 0 saturated heterocycles. The Morgan fingerprint density at radius 1 is 1.17 bits per heavy atom. The lowest BCUT2D eigenvalue weighted by atomic mass is 9.99. The van der Waals surface area contributed by atoms with Gasteiger partial charge in [0, 0.05) is 5.69 Å². The first-order chi connectivity index (χ1) is 11.2. The molecule has 0 aliphatic heterocycles. The molecule has 0 bridgehead atoms. The summed E-state index contributed by atoms with van der Waals surface area (Å²) in [6, 6.07) is 8.65. The van der Waals surface area contributed by atoms with Crippen LogP contribution in [0.25, 0.3) is 0 Å². The van der Waals surface area contributed by atoms with Crippen LogP contribution in [0.3, 0.4) is 0 Å². The normalized spacial score (nSPS) is 13.9. The first-order valence-corrected chi connectivity index (χ1v) is 8.69. The third-order valence-corrected chi connectivity index (χ3v) is 3.96.